The van der Waals surface area contributed by atoms with E-state index in [0.717, 1.165) is 17.9 Å². The molecular weight excluding hydrogens is 182 g/mol. The van der Waals surface area contributed by atoms with Crippen LogP contribution in [-0.2, 0) is 24.5 Å². The van der Waals surface area contributed by atoms with E-state index >= 15 is 0 Å². The van der Waals surface area contributed by atoms with Crippen molar-refractivity contribution in [2.24, 2.45) is 0 Å². The first-order chi connectivity index (χ1) is 6.67. The molecule has 0 spiro atoms. The summed E-state index contributed by atoms with van der Waals surface area (Å²) in [6.07, 6.45) is 0. The van der Waals surface area contributed by atoms with Gasteiger partial charge in [-0.1, -0.05) is 0 Å². The predicted molar refractivity (Wildman–Crippen MR) is 52.7 cm³/mol. The monoisotopic (exact) mass is 199 g/mol. The third kappa shape index (κ3) is 2.83. The van der Waals surface area contributed by atoms with Crippen LogP contribution in [0.1, 0.15) is 17.1 Å². The van der Waals surface area contributed by atoms with Crippen LogP contribution in [0.15, 0.2) is 10.5 Å². The molecule has 0 bridgehead atoms. The van der Waals surface area contributed by atoms with Crippen LogP contribution in [0.25, 0.3) is 0 Å². The van der Waals surface area contributed by atoms with Crippen molar-refractivity contribution in [1.82, 2.24) is 4.90 Å². The molecule has 1 N–H and O–H groups in total. The van der Waals surface area contributed by atoms with Crippen LogP contribution >= 0.6 is 0 Å². The highest BCUT2D eigenvalue weighted by atomic mass is 16.5. The van der Waals surface area contributed by atoms with Gasteiger partial charge in [0, 0.05) is 12.7 Å². The van der Waals surface area contributed by atoms with Gasteiger partial charge < -0.3 is 19.2 Å². The van der Waals surface area contributed by atoms with Gasteiger partial charge in [0.25, 0.3) is 0 Å². The highest BCUT2D eigenvalue weighted by Crippen LogP contribution is 2.17. The Hall–Kier alpha value is -0.840. The maximum atomic E-state index is 8.93. The van der Waals surface area contributed by atoms with Gasteiger partial charge in [-0.15, -0.1) is 0 Å². The predicted octanol–water partition coefficient (Wildman–Crippen LogP) is 0.980. The normalized spacial score (nSPS) is 11.2. The zero-order valence-electron chi connectivity index (χ0n) is 8.91. The van der Waals surface area contributed by atoms with Crippen molar-refractivity contribution in [1.29, 1.82) is 0 Å². The summed E-state index contributed by atoms with van der Waals surface area (Å²) < 4.78 is 10.5. The summed E-state index contributed by atoms with van der Waals surface area (Å²) >= 11 is 0. The number of methoxy groups -OCH3 is 1. The van der Waals surface area contributed by atoms with Crippen molar-refractivity contribution in [3.8, 4) is 0 Å². The molecule has 1 heterocycles. The molecule has 1 rings (SSSR count). The van der Waals surface area contributed by atoms with Crippen molar-refractivity contribution in [3.05, 3.63) is 23.2 Å². The summed E-state index contributed by atoms with van der Waals surface area (Å²) in [4.78, 5) is 2.01. The van der Waals surface area contributed by atoms with Crippen LogP contribution in [0.5, 0.6) is 0 Å². The molecule has 0 amide bonds. The number of nitrogens with zero attached hydrogens (tertiary/aromatic N) is 1. The van der Waals surface area contributed by atoms with Gasteiger partial charge in [0.15, 0.2) is 0 Å². The Bertz CT molecular complexity index is 281. The summed E-state index contributed by atoms with van der Waals surface area (Å²) in [6.45, 7) is 1.18. The molecule has 4 nitrogen and oxygen atoms in total. The molecule has 1 aromatic heterocycles. The van der Waals surface area contributed by atoms with Crippen molar-refractivity contribution in [3.63, 3.8) is 0 Å². The third-order valence-electron chi connectivity index (χ3n) is 1.86. The molecule has 0 aromatic carbocycles. The first kappa shape index (κ1) is 11.2. The summed E-state index contributed by atoms with van der Waals surface area (Å²) in [5, 5.41) is 8.93. The van der Waals surface area contributed by atoms with Crippen LogP contribution in [0, 0.1) is 0 Å². The molecule has 0 aliphatic rings. The van der Waals surface area contributed by atoms with Crippen LogP contribution in [0.4, 0.5) is 0 Å². The zero-order valence-corrected chi connectivity index (χ0v) is 8.91. The number of hydrogen-bond donors (Lipinski definition) is 1. The van der Waals surface area contributed by atoms with Crippen LogP contribution in [-0.4, -0.2) is 31.2 Å². The second-order valence-corrected chi connectivity index (χ2v) is 3.49. The Morgan fingerprint density at radius 3 is 2.71 bits per heavy atom. The van der Waals surface area contributed by atoms with Gasteiger partial charge in [-0.25, -0.2) is 0 Å². The fraction of sp³-hybridized carbons (Fsp3) is 0.600. The van der Waals surface area contributed by atoms with E-state index in [1.165, 1.54) is 0 Å². The van der Waals surface area contributed by atoms with E-state index in [1.807, 2.05) is 25.1 Å². The SMILES string of the molecule is COCc1cc(CO)oc1CN(C)C. The zero-order chi connectivity index (χ0) is 10.6. The van der Waals surface area contributed by atoms with Gasteiger partial charge in [0.2, 0.25) is 0 Å². The molecule has 0 fully saturated rings. The minimum Gasteiger partial charge on any atom is -0.462 e. The summed E-state index contributed by atoms with van der Waals surface area (Å²) in [7, 11) is 5.58. The molecule has 4 heteroatoms. The Morgan fingerprint density at radius 2 is 2.21 bits per heavy atom. The van der Waals surface area contributed by atoms with E-state index in [0.29, 0.717) is 12.4 Å². The standard InChI is InChI=1S/C10H17NO3/c1-11(2)5-10-8(7-13-3)4-9(6-12)14-10/h4,12H,5-7H2,1-3H3. The molecule has 0 aliphatic heterocycles. The molecule has 0 atom stereocenters. The average molecular weight is 199 g/mol. The third-order valence-corrected chi connectivity index (χ3v) is 1.86. The van der Waals surface area contributed by atoms with Gasteiger partial charge in [-0.05, 0) is 20.2 Å². The number of ether oxygens (including phenoxy) is 1. The van der Waals surface area contributed by atoms with E-state index in [1.54, 1.807) is 7.11 Å². The second kappa shape index (κ2) is 5.14. The molecule has 0 saturated heterocycles. The van der Waals surface area contributed by atoms with Crippen LogP contribution in [0.2, 0.25) is 0 Å². The second-order valence-electron chi connectivity index (χ2n) is 3.49. The highest BCUT2D eigenvalue weighted by molar-refractivity contribution is 5.20. The highest BCUT2D eigenvalue weighted by Gasteiger charge is 2.10. The number of hydrogen-bond acceptors (Lipinski definition) is 4. The lowest BCUT2D eigenvalue weighted by Crippen LogP contribution is -2.11. The lowest BCUT2D eigenvalue weighted by molar-refractivity contribution is 0.181. The first-order valence-corrected chi connectivity index (χ1v) is 4.52. The van der Waals surface area contributed by atoms with E-state index in [-0.39, 0.29) is 6.61 Å². The van der Waals surface area contributed by atoms with E-state index in [2.05, 4.69) is 0 Å². The first-order valence-electron chi connectivity index (χ1n) is 4.52. The summed E-state index contributed by atoms with van der Waals surface area (Å²) in [5.74, 6) is 1.45. The Kier molecular flexibility index (Phi) is 4.13. The van der Waals surface area contributed by atoms with Crippen molar-refractivity contribution < 1.29 is 14.3 Å². The minimum absolute atomic E-state index is 0.0653. The van der Waals surface area contributed by atoms with Crippen molar-refractivity contribution >= 4 is 0 Å². The number of furan rings is 1. The molecule has 0 unspecified atom stereocenters. The largest absolute Gasteiger partial charge is 0.462 e. The molecule has 0 saturated carbocycles. The Balaban J connectivity index is 2.82. The molecule has 14 heavy (non-hydrogen) atoms. The van der Waals surface area contributed by atoms with E-state index in [9.17, 15) is 0 Å². The molecule has 1 aromatic rings. The molecule has 80 valence electrons. The maximum Gasteiger partial charge on any atom is 0.130 e. The smallest absolute Gasteiger partial charge is 0.130 e. The quantitative estimate of drug-likeness (QED) is 0.767. The minimum atomic E-state index is -0.0653. The number of aliphatic hydroxyl groups is 1. The number of aliphatic hydroxyl groups excluding tert-OH is 1. The van der Waals surface area contributed by atoms with E-state index in [4.69, 9.17) is 14.3 Å². The Morgan fingerprint density at radius 1 is 1.50 bits per heavy atom. The van der Waals surface area contributed by atoms with Crippen LogP contribution < -0.4 is 0 Å². The fourth-order valence-corrected chi connectivity index (χ4v) is 1.30. The number of rotatable bonds is 5. The van der Waals surface area contributed by atoms with Crippen LogP contribution in [0.3, 0.4) is 0 Å². The molecular formula is C10H17NO3. The lowest BCUT2D eigenvalue weighted by atomic mass is 10.2. The van der Waals surface area contributed by atoms with Gasteiger partial charge >= 0.3 is 0 Å². The van der Waals surface area contributed by atoms with Crippen molar-refractivity contribution in [2.75, 3.05) is 21.2 Å². The topological polar surface area (TPSA) is 45.8 Å². The molecule has 0 aliphatic carbocycles. The van der Waals surface area contributed by atoms with Crippen molar-refractivity contribution in [2.45, 2.75) is 19.8 Å². The van der Waals surface area contributed by atoms with E-state index < -0.39 is 0 Å². The Labute approximate surface area is 84.1 Å². The fourth-order valence-electron chi connectivity index (χ4n) is 1.30. The summed E-state index contributed by atoms with van der Waals surface area (Å²) in [6, 6.07) is 1.84. The maximum absolute atomic E-state index is 8.93. The molecule has 0 radical (unpaired) electrons. The lowest BCUT2D eigenvalue weighted by Gasteiger charge is -2.08. The van der Waals surface area contributed by atoms with Gasteiger partial charge in [-0.3, -0.25) is 0 Å². The average Bonchev–Trinajstić information content (AvgIpc) is 2.48. The summed E-state index contributed by atoms with van der Waals surface area (Å²) in [5.41, 5.74) is 1.00. The van der Waals surface area contributed by atoms with Gasteiger partial charge in [0.05, 0.1) is 13.2 Å². The van der Waals surface area contributed by atoms with Gasteiger partial charge in [-0.2, -0.15) is 0 Å². The van der Waals surface area contributed by atoms with Gasteiger partial charge in [0.1, 0.15) is 18.1 Å².